The molecule has 98 valence electrons. The number of carbonyl (C=O) groups excluding carboxylic acids is 1. The van der Waals surface area contributed by atoms with Crippen LogP contribution >= 0.6 is 0 Å². The molecule has 0 bridgehead atoms. The summed E-state index contributed by atoms with van der Waals surface area (Å²) in [6.45, 7) is 2.60. The topological polar surface area (TPSA) is 49.8 Å². The Morgan fingerprint density at radius 1 is 1.44 bits per heavy atom. The average Bonchev–Trinajstić information content (AvgIpc) is 2.83. The van der Waals surface area contributed by atoms with Gasteiger partial charge in [-0.1, -0.05) is 25.5 Å². The van der Waals surface area contributed by atoms with Crippen LogP contribution in [0.5, 0.6) is 0 Å². The summed E-state index contributed by atoms with van der Waals surface area (Å²) in [4.78, 5) is 17.1. The number of aryl methyl sites for hydroxylation is 1. The van der Waals surface area contributed by atoms with E-state index in [-0.39, 0.29) is 19.1 Å². The van der Waals surface area contributed by atoms with Gasteiger partial charge in [-0.05, 0) is 30.5 Å². The molecule has 0 saturated carbocycles. The molecule has 1 heterocycles. The lowest BCUT2D eigenvalue weighted by Gasteiger charge is -2.13. The number of aliphatic hydroxyl groups excluding tert-OH is 1. The molecule has 0 aliphatic carbocycles. The van der Waals surface area contributed by atoms with Gasteiger partial charge in [-0.3, -0.25) is 9.63 Å². The van der Waals surface area contributed by atoms with E-state index in [1.807, 2.05) is 24.3 Å². The van der Waals surface area contributed by atoms with Gasteiger partial charge in [-0.25, -0.2) is 5.06 Å². The summed E-state index contributed by atoms with van der Waals surface area (Å²) in [6, 6.07) is 7.60. The van der Waals surface area contributed by atoms with Crippen LogP contribution in [0.3, 0.4) is 0 Å². The van der Waals surface area contributed by atoms with E-state index < -0.39 is 6.10 Å². The molecule has 1 aromatic rings. The van der Waals surface area contributed by atoms with Gasteiger partial charge < -0.3 is 5.11 Å². The Morgan fingerprint density at radius 2 is 2.17 bits per heavy atom. The number of hydrogen-bond acceptors (Lipinski definition) is 3. The highest BCUT2D eigenvalue weighted by atomic mass is 16.7. The van der Waals surface area contributed by atoms with Crippen molar-refractivity contribution in [3.63, 3.8) is 0 Å². The fraction of sp³-hybridized carbons (Fsp3) is 0.500. The zero-order chi connectivity index (χ0) is 13.0. The second-order valence-electron chi connectivity index (χ2n) is 4.62. The number of rotatable bonds is 4. The molecular formula is C14H19NO3. The number of amides is 1. The minimum atomic E-state index is -0.572. The molecule has 1 fully saturated rings. The van der Waals surface area contributed by atoms with Crippen molar-refractivity contribution >= 4 is 5.91 Å². The van der Waals surface area contributed by atoms with Crippen LogP contribution in [0, 0.1) is 0 Å². The third kappa shape index (κ3) is 3.09. The minimum Gasteiger partial charge on any atom is -0.389 e. The van der Waals surface area contributed by atoms with Crippen molar-refractivity contribution in [2.45, 2.75) is 32.3 Å². The molecule has 0 aromatic heterocycles. The molecule has 0 radical (unpaired) electrons. The smallest absolute Gasteiger partial charge is 0.277 e. The monoisotopic (exact) mass is 249 g/mol. The summed E-state index contributed by atoms with van der Waals surface area (Å²) >= 11 is 0. The van der Waals surface area contributed by atoms with Gasteiger partial charge in [0.15, 0.2) is 0 Å². The summed E-state index contributed by atoms with van der Waals surface area (Å²) in [7, 11) is 0. The van der Waals surface area contributed by atoms with Crippen LogP contribution in [0.25, 0.3) is 0 Å². The van der Waals surface area contributed by atoms with E-state index in [0.29, 0.717) is 5.56 Å². The van der Waals surface area contributed by atoms with Gasteiger partial charge in [0.05, 0.1) is 6.54 Å². The Labute approximate surface area is 107 Å². The fourth-order valence-electron chi connectivity index (χ4n) is 1.95. The maximum Gasteiger partial charge on any atom is 0.277 e. The van der Waals surface area contributed by atoms with Gasteiger partial charge >= 0.3 is 0 Å². The van der Waals surface area contributed by atoms with E-state index in [2.05, 4.69) is 6.92 Å². The van der Waals surface area contributed by atoms with E-state index in [4.69, 9.17) is 4.84 Å². The van der Waals surface area contributed by atoms with Crippen LogP contribution < -0.4 is 0 Å². The van der Waals surface area contributed by atoms with E-state index in [1.54, 1.807) is 0 Å². The van der Waals surface area contributed by atoms with Gasteiger partial charge in [0, 0.05) is 5.56 Å². The van der Waals surface area contributed by atoms with Crippen LogP contribution in [0.1, 0.15) is 35.7 Å². The molecule has 0 unspecified atom stereocenters. The highest BCUT2D eigenvalue weighted by Gasteiger charge is 2.26. The summed E-state index contributed by atoms with van der Waals surface area (Å²) in [6.07, 6.45) is 2.80. The molecule has 2 rings (SSSR count). The molecule has 0 spiro atoms. The Bertz CT molecular complexity index is 402. The highest BCUT2D eigenvalue weighted by molar-refractivity contribution is 5.93. The second kappa shape index (κ2) is 5.98. The number of carbonyl (C=O) groups is 1. The van der Waals surface area contributed by atoms with Crippen LogP contribution in [0.15, 0.2) is 24.3 Å². The van der Waals surface area contributed by atoms with E-state index >= 15 is 0 Å². The zero-order valence-corrected chi connectivity index (χ0v) is 10.6. The molecule has 1 saturated heterocycles. The minimum absolute atomic E-state index is 0.186. The largest absolute Gasteiger partial charge is 0.389 e. The summed E-state index contributed by atoms with van der Waals surface area (Å²) in [5, 5.41) is 10.5. The number of β-amino-alcohol motifs (C(OH)–C–C–N with tert-alkyl or cyclic N) is 1. The summed E-state index contributed by atoms with van der Waals surface area (Å²) in [5.74, 6) is -0.186. The third-order valence-electron chi connectivity index (χ3n) is 3.05. The Kier molecular flexibility index (Phi) is 4.33. The Balaban J connectivity index is 1.98. The van der Waals surface area contributed by atoms with Gasteiger partial charge in [0.25, 0.3) is 5.91 Å². The van der Waals surface area contributed by atoms with Crippen molar-refractivity contribution in [2.75, 3.05) is 13.2 Å². The van der Waals surface area contributed by atoms with Crippen LogP contribution in [0.2, 0.25) is 0 Å². The Morgan fingerprint density at radius 3 is 2.72 bits per heavy atom. The second-order valence-corrected chi connectivity index (χ2v) is 4.62. The van der Waals surface area contributed by atoms with E-state index in [1.165, 1.54) is 17.0 Å². The van der Waals surface area contributed by atoms with Crippen molar-refractivity contribution in [3.05, 3.63) is 35.4 Å². The van der Waals surface area contributed by atoms with Crippen molar-refractivity contribution in [1.82, 2.24) is 5.06 Å². The number of aliphatic hydroxyl groups is 1. The van der Waals surface area contributed by atoms with E-state index in [0.717, 1.165) is 12.8 Å². The molecule has 1 aromatic carbocycles. The van der Waals surface area contributed by atoms with Crippen LogP contribution in [0.4, 0.5) is 0 Å². The van der Waals surface area contributed by atoms with Crippen molar-refractivity contribution in [3.8, 4) is 0 Å². The molecule has 1 aliphatic heterocycles. The SMILES string of the molecule is CCCCc1ccc(C(=O)N2C[C@@H](O)CO2)cc1. The van der Waals surface area contributed by atoms with Crippen LogP contribution in [-0.2, 0) is 11.3 Å². The molecular weight excluding hydrogens is 230 g/mol. The number of nitrogens with zero attached hydrogens (tertiary/aromatic N) is 1. The van der Waals surface area contributed by atoms with Gasteiger partial charge in [-0.2, -0.15) is 0 Å². The first kappa shape index (κ1) is 13.1. The number of hydroxylamine groups is 2. The quantitative estimate of drug-likeness (QED) is 0.885. The van der Waals surface area contributed by atoms with Gasteiger partial charge in [0.2, 0.25) is 0 Å². The highest BCUT2D eigenvalue weighted by Crippen LogP contribution is 2.13. The third-order valence-corrected chi connectivity index (χ3v) is 3.05. The molecule has 1 atom stereocenters. The lowest BCUT2D eigenvalue weighted by atomic mass is 10.1. The van der Waals surface area contributed by atoms with E-state index in [9.17, 15) is 9.90 Å². The summed E-state index contributed by atoms with van der Waals surface area (Å²) in [5.41, 5.74) is 1.85. The number of hydrogen-bond donors (Lipinski definition) is 1. The summed E-state index contributed by atoms with van der Waals surface area (Å²) < 4.78 is 0. The Hall–Kier alpha value is -1.39. The molecule has 4 heteroatoms. The molecule has 4 nitrogen and oxygen atoms in total. The number of benzene rings is 1. The normalized spacial score (nSPS) is 19.2. The fourth-order valence-corrected chi connectivity index (χ4v) is 1.95. The first-order chi connectivity index (χ1) is 8.70. The maximum absolute atomic E-state index is 12.0. The van der Waals surface area contributed by atoms with Gasteiger partial charge in [0.1, 0.15) is 12.7 Å². The van der Waals surface area contributed by atoms with Crippen molar-refractivity contribution < 1.29 is 14.7 Å². The zero-order valence-electron chi connectivity index (χ0n) is 10.6. The van der Waals surface area contributed by atoms with Crippen LogP contribution in [-0.4, -0.2) is 35.3 Å². The molecule has 1 amide bonds. The molecule has 1 aliphatic rings. The van der Waals surface area contributed by atoms with Crippen molar-refractivity contribution in [2.24, 2.45) is 0 Å². The lowest BCUT2D eigenvalue weighted by Crippen LogP contribution is -2.28. The first-order valence-corrected chi connectivity index (χ1v) is 6.42. The first-order valence-electron chi connectivity index (χ1n) is 6.42. The number of unbranched alkanes of at least 4 members (excludes halogenated alkanes) is 1. The predicted octanol–water partition coefficient (Wildman–Crippen LogP) is 1.78. The predicted molar refractivity (Wildman–Crippen MR) is 68.0 cm³/mol. The van der Waals surface area contributed by atoms with Gasteiger partial charge in [-0.15, -0.1) is 0 Å². The maximum atomic E-state index is 12.0. The lowest BCUT2D eigenvalue weighted by molar-refractivity contribution is -0.0779. The average molecular weight is 249 g/mol. The van der Waals surface area contributed by atoms with Crippen molar-refractivity contribution in [1.29, 1.82) is 0 Å². The molecule has 1 N–H and O–H groups in total. The molecule has 18 heavy (non-hydrogen) atoms. The standard InChI is InChI=1S/C14H19NO3/c1-2-3-4-11-5-7-12(8-6-11)14(17)15-9-13(16)10-18-15/h5-8,13,16H,2-4,9-10H2,1H3/t13-/m1/s1.